The molecule has 0 radical (unpaired) electrons. The molecule has 1 N–H and O–H groups in total. The Balaban J connectivity index is 3.27. The third-order valence-corrected chi connectivity index (χ3v) is 2.20. The van der Waals surface area contributed by atoms with E-state index >= 15 is 0 Å². The van der Waals surface area contributed by atoms with E-state index in [2.05, 4.69) is 0 Å². The van der Waals surface area contributed by atoms with Crippen LogP contribution in [-0.4, -0.2) is 11.1 Å². The van der Waals surface area contributed by atoms with Crippen LogP contribution in [0.3, 0.4) is 0 Å². The highest BCUT2D eigenvalue weighted by atomic mass is 35.5. The van der Waals surface area contributed by atoms with Crippen molar-refractivity contribution >= 4 is 17.6 Å². The summed E-state index contributed by atoms with van der Waals surface area (Å²) in [4.78, 5) is 10.3. The van der Waals surface area contributed by atoms with Gasteiger partial charge in [0.05, 0.1) is 17.0 Å². The first-order chi connectivity index (χ1) is 7.21. The second kappa shape index (κ2) is 4.29. The van der Waals surface area contributed by atoms with E-state index in [0.717, 1.165) is 0 Å². The van der Waals surface area contributed by atoms with Crippen molar-refractivity contribution in [3.63, 3.8) is 0 Å². The highest BCUT2D eigenvalue weighted by Crippen LogP contribution is 2.33. The molecule has 0 fully saturated rings. The molecule has 0 aliphatic heterocycles. The van der Waals surface area contributed by atoms with Gasteiger partial charge in [0.25, 0.3) is 0 Å². The van der Waals surface area contributed by atoms with E-state index in [1.165, 1.54) is 0 Å². The lowest BCUT2D eigenvalue weighted by Crippen LogP contribution is -2.09. The second-order valence-electron chi connectivity index (χ2n) is 3.00. The van der Waals surface area contributed by atoms with Gasteiger partial charge in [0.2, 0.25) is 0 Å². The van der Waals surface area contributed by atoms with Gasteiger partial charge in [0, 0.05) is 0 Å². The Morgan fingerprint density at radius 2 is 1.94 bits per heavy atom. The van der Waals surface area contributed by atoms with Crippen LogP contribution in [-0.2, 0) is 17.4 Å². The van der Waals surface area contributed by atoms with Crippen molar-refractivity contribution in [1.82, 2.24) is 0 Å². The fourth-order valence-electron chi connectivity index (χ4n) is 1.10. The number of aliphatic carboxylic acids is 1. The van der Waals surface area contributed by atoms with Gasteiger partial charge in [-0.3, -0.25) is 4.79 Å². The molecule has 0 saturated carbocycles. The summed E-state index contributed by atoms with van der Waals surface area (Å²) in [5.74, 6) is -2.67. The van der Waals surface area contributed by atoms with Crippen molar-refractivity contribution in [1.29, 1.82) is 0 Å². The summed E-state index contributed by atoms with van der Waals surface area (Å²) in [5, 5.41) is 7.81. The van der Waals surface area contributed by atoms with E-state index in [-0.39, 0.29) is 6.07 Å². The van der Waals surface area contributed by atoms with Gasteiger partial charge in [-0.05, 0) is 17.7 Å². The number of rotatable bonds is 2. The van der Waals surface area contributed by atoms with Crippen LogP contribution in [0.25, 0.3) is 0 Å². The summed E-state index contributed by atoms with van der Waals surface area (Å²) >= 11 is 5.35. The summed E-state index contributed by atoms with van der Waals surface area (Å²) in [5.41, 5.74) is -1.66. The molecule has 7 heteroatoms. The van der Waals surface area contributed by atoms with Crippen LogP contribution in [0.2, 0.25) is 5.02 Å². The molecule has 0 spiro atoms. The molecule has 1 aromatic carbocycles. The monoisotopic (exact) mass is 256 g/mol. The van der Waals surface area contributed by atoms with E-state index in [4.69, 9.17) is 16.7 Å². The highest BCUT2D eigenvalue weighted by molar-refractivity contribution is 6.31. The normalized spacial score (nSPS) is 11.6. The van der Waals surface area contributed by atoms with Crippen LogP contribution < -0.4 is 0 Å². The fraction of sp³-hybridized carbons (Fsp3) is 0.222. The first-order valence-corrected chi connectivity index (χ1v) is 4.36. The molecule has 0 atom stereocenters. The zero-order chi connectivity index (χ0) is 12.5. The molecule has 0 unspecified atom stereocenters. The molecule has 16 heavy (non-hydrogen) atoms. The van der Waals surface area contributed by atoms with Gasteiger partial charge in [-0.1, -0.05) is 11.6 Å². The average Bonchev–Trinajstić information content (AvgIpc) is 2.10. The largest absolute Gasteiger partial charge is 0.481 e. The number of hydrogen-bond acceptors (Lipinski definition) is 1. The van der Waals surface area contributed by atoms with Crippen LogP contribution in [0.5, 0.6) is 0 Å². The molecule has 0 heterocycles. The van der Waals surface area contributed by atoms with Crippen molar-refractivity contribution in [2.24, 2.45) is 0 Å². The maximum atomic E-state index is 13.0. The lowest BCUT2D eigenvalue weighted by atomic mass is 10.1. The third-order valence-electron chi connectivity index (χ3n) is 1.77. The van der Waals surface area contributed by atoms with Gasteiger partial charge >= 0.3 is 12.1 Å². The Kier molecular flexibility index (Phi) is 3.42. The van der Waals surface area contributed by atoms with Crippen LogP contribution in [0.4, 0.5) is 17.6 Å². The van der Waals surface area contributed by atoms with E-state index in [0.29, 0.717) is 6.07 Å². The maximum Gasteiger partial charge on any atom is 0.416 e. The molecule has 0 aliphatic rings. The summed E-state index contributed by atoms with van der Waals surface area (Å²) in [6.45, 7) is 0. The van der Waals surface area contributed by atoms with Crippen LogP contribution in [0.1, 0.15) is 11.1 Å². The standard InChI is InChI=1S/C9H5ClF4O2/c10-8-4(2-7(15)16)1-5(3-6(8)11)9(12,13)14/h1,3H,2H2,(H,15,16). The number of carboxylic acid groups (broad SMARTS) is 1. The quantitative estimate of drug-likeness (QED) is 0.826. The van der Waals surface area contributed by atoms with Crippen LogP contribution in [0.15, 0.2) is 12.1 Å². The summed E-state index contributed by atoms with van der Waals surface area (Å²) in [6, 6.07) is 0.757. The summed E-state index contributed by atoms with van der Waals surface area (Å²) in [7, 11) is 0. The number of hydrogen-bond donors (Lipinski definition) is 1. The lowest BCUT2D eigenvalue weighted by Gasteiger charge is -2.10. The summed E-state index contributed by atoms with van der Waals surface area (Å²) < 4.78 is 49.8. The SMILES string of the molecule is O=C(O)Cc1cc(C(F)(F)F)cc(F)c1Cl. The Hall–Kier alpha value is -1.30. The van der Waals surface area contributed by atoms with Crippen molar-refractivity contribution in [3.05, 3.63) is 34.1 Å². The van der Waals surface area contributed by atoms with Gasteiger partial charge in [-0.2, -0.15) is 13.2 Å². The van der Waals surface area contributed by atoms with E-state index in [9.17, 15) is 22.4 Å². The Bertz CT molecular complexity index is 428. The predicted molar refractivity (Wildman–Crippen MR) is 47.8 cm³/mol. The minimum Gasteiger partial charge on any atom is -0.481 e. The smallest absolute Gasteiger partial charge is 0.416 e. The molecule has 0 aliphatic carbocycles. The molecule has 88 valence electrons. The lowest BCUT2D eigenvalue weighted by molar-refractivity contribution is -0.139. The van der Waals surface area contributed by atoms with Crippen molar-refractivity contribution < 1.29 is 27.5 Å². The van der Waals surface area contributed by atoms with Crippen LogP contribution in [0, 0.1) is 5.82 Å². The van der Waals surface area contributed by atoms with E-state index in [1.807, 2.05) is 0 Å². The van der Waals surface area contributed by atoms with E-state index < -0.39 is 40.5 Å². The number of benzene rings is 1. The first kappa shape index (κ1) is 12.8. The van der Waals surface area contributed by atoms with Crippen LogP contribution >= 0.6 is 11.6 Å². The number of alkyl halides is 3. The minimum atomic E-state index is -4.74. The third kappa shape index (κ3) is 2.85. The average molecular weight is 257 g/mol. The van der Waals surface area contributed by atoms with Gasteiger partial charge in [-0.15, -0.1) is 0 Å². The molecule has 0 aromatic heterocycles. The molecule has 2 nitrogen and oxygen atoms in total. The fourth-order valence-corrected chi connectivity index (χ4v) is 1.28. The van der Waals surface area contributed by atoms with Crippen molar-refractivity contribution in [2.75, 3.05) is 0 Å². The van der Waals surface area contributed by atoms with E-state index in [1.54, 1.807) is 0 Å². The molecular formula is C9H5ClF4O2. The van der Waals surface area contributed by atoms with Gasteiger partial charge in [-0.25, -0.2) is 4.39 Å². The Morgan fingerprint density at radius 1 is 1.38 bits per heavy atom. The molecule has 0 amide bonds. The van der Waals surface area contributed by atoms with Crippen molar-refractivity contribution in [2.45, 2.75) is 12.6 Å². The number of carboxylic acids is 1. The van der Waals surface area contributed by atoms with Crippen molar-refractivity contribution in [3.8, 4) is 0 Å². The first-order valence-electron chi connectivity index (χ1n) is 3.98. The zero-order valence-electron chi connectivity index (χ0n) is 7.61. The van der Waals surface area contributed by atoms with Gasteiger partial charge < -0.3 is 5.11 Å². The Morgan fingerprint density at radius 3 is 2.38 bits per heavy atom. The molecule has 1 aromatic rings. The summed E-state index contributed by atoms with van der Waals surface area (Å²) in [6.07, 6.45) is -5.50. The second-order valence-corrected chi connectivity index (χ2v) is 3.38. The van der Waals surface area contributed by atoms with Gasteiger partial charge in [0.15, 0.2) is 0 Å². The maximum absolute atomic E-state index is 13.0. The highest BCUT2D eigenvalue weighted by Gasteiger charge is 2.32. The topological polar surface area (TPSA) is 37.3 Å². The predicted octanol–water partition coefficient (Wildman–Crippen LogP) is 3.13. The molecular weight excluding hydrogens is 252 g/mol. The number of carbonyl (C=O) groups is 1. The minimum absolute atomic E-state index is 0.230. The molecule has 0 bridgehead atoms. The molecule has 0 saturated heterocycles. The number of halogens is 5. The zero-order valence-corrected chi connectivity index (χ0v) is 8.36. The Labute approximate surface area is 92.4 Å². The molecule has 1 rings (SSSR count). The van der Waals surface area contributed by atoms with Gasteiger partial charge in [0.1, 0.15) is 5.82 Å².